The Labute approximate surface area is 107 Å². The van der Waals surface area contributed by atoms with Crippen LogP contribution in [0.2, 0.25) is 0 Å². The number of amides is 1. The van der Waals surface area contributed by atoms with Crippen LogP contribution >= 0.6 is 0 Å². The van der Waals surface area contributed by atoms with Crippen molar-refractivity contribution < 1.29 is 14.7 Å². The molecule has 0 aromatic rings. The first kappa shape index (κ1) is 13.1. The molecule has 18 heavy (non-hydrogen) atoms. The quantitative estimate of drug-likeness (QED) is 0.645. The molecule has 0 aromatic carbocycles. The van der Waals surface area contributed by atoms with Gasteiger partial charge in [0.2, 0.25) is 5.91 Å². The Kier molecular flexibility index (Phi) is 4.36. The topological polar surface area (TPSA) is 78.4 Å². The number of aliphatic carboxylic acids is 1. The third kappa shape index (κ3) is 3.32. The van der Waals surface area contributed by atoms with Gasteiger partial charge in [-0.15, -0.1) is 0 Å². The Morgan fingerprint density at radius 2 is 2.06 bits per heavy atom. The maximum absolute atomic E-state index is 12.0. The predicted molar refractivity (Wildman–Crippen MR) is 67.1 cm³/mol. The minimum absolute atomic E-state index is 0.00223. The number of hydrogen-bond acceptors (Lipinski definition) is 3. The molecule has 3 N–H and O–H groups in total. The molecule has 100 valence electrons. The molecule has 3 atom stereocenters. The fraction of sp³-hybridized carbons (Fsp3) is 0.692. The molecule has 0 aromatic heterocycles. The van der Waals surface area contributed by atoms with Crippen molar-refractivity contribution in [2.45, 2.75) is 44.2 Å². The van der Waals surface area contributed by atoms with E-state index < -0.39 is 11.9 Å². The minimum Gasteiger partial charge on any atom is -0.481 e. The zero-order valence-corrected chi connectivity index (χ0v) is 10.4. The molecule has 2 aliphatic rings. The average molecular weight is 252 g/mol. The van der Waals surface area contributed by atoms with Crippen molar-refractivity contribution in [3.05, 3.63) is 12.2 Å². The van der Waals surface area contributed by atoms with Gasteiger partial charge < -0.3 is 15.7 Å². The summed E-state index contributed by atoms with van der Waals surface area (Å²) < 4.78 is 0. The van der Waals surface area contributed by atoms with Crippen LogP contribution in [-0.2, 0) is 9.59 Å². The van der Waals surface area contributed by atoms with Crippen LogP contribution in [0.5, 0.6) is 0 Å². The Morgan fingerprint density at radius 1 is 1.22 bits per heavy atom. The van der Waals surface area contributed by atoms with E-state index in [1.807, 2.05) is 0 Å². The molecule has 1 saturated heterocycles. The van der Waals surface area contributed by atoms with E-state index >= 15 is 0 Å². The SMILES string of the molecule is O=C(O)C1C=CC(NC(=O)C2CCCCCN2)C1. The van der Waals surface area contributed by atoms with Gasteiger partial charge in [-0.25, -0.2) is 0 Å². The molecule has 5 nitrogen and oxygen atoms in total. The summed E-state index contributed by atoms with van der Waals surface area (Å²) >= 11 is 0. The van der Waals surface area contributed by atoms with Gasteiger partial charge in [0.25, 0.3) is 0 Å². The Balaban J connectivity index is 1.81. The van der Waals surface area contributed by atoms with E-state index in [4.69, 9.17) is 5.11 Å². The normalized spacial score (nSPS) is 31.9. The first-order valence-corrected chi connectivity index (χ1v) is 6.61. The number of carbonyl (C=O) groups is 2. The number of nitrogens with one attached hydrogen (secondary N) is 2. The largest absolute Gasteiger partial charge is 0.481 e. The molecule has 1 amide bonds. The highest BCUT2D eigenvalue weighted by atomic mass is 16.4. The molecule has 3 unspecified atom stereocenters. The van der Waals surface area contributed by atoms with Gasteiger partial charge in [0.1, 0.15) is 0 Å². The van der Waals surface area contributed by atoms with Gasteiger partial charge in [-0.05, 0) is 25.8 Å². The smallest absolute Gasteiger partial charge is 0.310 e. The standard InChI is InChI=1S/C13H20N2O3/c16-12(11-4-2-1-3-7-14-11)15-10-6-5-9(8-10)13(17)18/h5-6,9-11,14H,1-4,7-8H2,(H,15,16)(H,17,18). The molecule has 0 saturated carbocycles. The van der Waals surface area contributed by atoms with Crippen molar-refractivity contribution in [1.29, 1.82) is 0 Å². The third-order valence-electron chi connectivity index (χ3n) is 3.61. The highest BCUT2D eigenvalue weighted by molar-refractivity contribution is 5.82. The van der Waals surface area contributed by atoms with Crippen LogP contribution < -0.4 is 10.6 Å². The van der Waals surface area contributed by atoms with Crippen molar-refractivity contribution in [3.63, 3.8) is 0 Å². The highest BCUT2D eigenvalue weighted by Gasteiger charge is 2.27. The van der Waals surface area contributed by atoms with Crippen molar-refractivity contribution >= 4 is 11.9 Å². The summed E-state index contributed by atoms with van der Waals surface area (Å²) in [7, 11) is 0. The first-order chi connectivity index (χ1) is 8.66. The minimum atomic E-state index is -0.824. The molecule has 2 rings (SSSR count). The van der Waals surface area contributed by atoms with Crippen LogP contribution in [0, 0.1) is 5.92 Å². The van der Waals surface area contributed by atoms with Crippen LogP contribution in [0.3, 0.4) is 0 Å². The Bertz CT molecular complexity index is 346. The lowest BCUT2D eigenvalue weighted by molar-refractivity contribution is -0.140. The van der Waals surface area contributed by atoms with E-state index in [-0.39, 0.29) is 18.0 Å². The number of carbonyl (C=O) groups excluding carboxylic acids is 1. The maximum Gasteiger partial charge on any atom is 0.310 e. The van der Waals surface area contributed by atoms with Gasteiger partial charge in [0, 0.05) is 6.04 Å². The summed E-state index contributed by atoms with van der Waals surface area (Å²) in [5.74, 6) is -1.29. The fourth-order valence-electron chi connectivity index (χ4n) is 2.52. The molecular formula is C13H20N2O3. The van der Waals surface area contributed by atoms with Gasteiger partial charge in [-0.1, -0.05) is 25.0 Å². The van der Waals surface area contributed by atoms with E-state index in [0.29, 0.717) is 6.42 Å². The molecule has 0 radical (unpaired) electrons. The van der Waals surface area contributed by atoms with Gasteiger partial charge in [-0.3, -0.25) is 9.59 Å². The van der Waals surface area contributed by atoms with E-state index in [2.05, 4.69) is 10.6 Å². The van der Waals surface area contributed by atoms with Crippen molar-refractivity contribution in [3.8, 4) is 0 Å². The van der Waals surface area contributed by atoms with Crippen LogP contribution in [0.15, 0.2) is 12.2 Å². The second-order valence-corrected chi connectivity index (χ2v) is 5.04. The first-order valence-electron chi connectivity index (χ1n) is 6.61. The summed E-state index contributed by atoms with van der Waals surface area (Å²) in [6.07, 6.45) is 8.14. The number of rotatable bonds is 3. The molecule has 5 heteroatoms. The second kappa shape index (κ2) is 6.00. The van der Waals surface area contributed by atoms with Crippen LogP contribution in [-0.4, -0.2) is 35.6 Å². The Hall–Kier alpha value is -1.36. The summed E-state index contributed by atoms with van der Waals surface area (Å²) in [6.45, 7) is 0.885. The van der Waals surface area contributed by atoms with E-state index in [1.165, 1.54) is 6.42 Å². The maximum atomic E-state index is 12.0. The van der Waals surface area contributed by atoms with Crippen LogP contribution in [0.25, 0.3) is 0 Å². The zero-order chi connectivity index (χ0) is 13.0. The van der Waals surface area contributed by atoms with E-state index in [0.717, 1.165) is 25.8 Å². The summed E-state index contributed by atoms with van der Waals surface area (Å²) in [5, 5.41) is 15.0. The third-order valence-corrected chi connectivity index (χ3v) is 3.61. The van der Waals surface area contributed by atoms with Crippen molar-refractivity contribution in [2.75, 3.05) is 6.54 Å². The molecule has 0 bridgehead atoms. The molecule has 1 fully saturated rings. The summed E-state index contributed by atoms with van der Waals surface area (Å²) in [5.41, 5.74) is 0. The lowest BCUT2D eigenvalue weighted by atomic mass is 10.1. The molecule has 1 aliphatic heterocycles. The molecule has 1 heterocycles. The Morgan fingerprint density at radius 3 is 2.78 bits per heavy atom. The van der Waals surface area contributed by atoms with E-state index in [9.17, 15) is 9.59 Å². The number of carboxylic acid groups (broad SMARTS) is 1. The van der Waals surface area contributed by atoms with Crippen molar-refractivity contribution in [2.24, 2.45) is 5.92 Å². The van der Waals surface area contributed by atoms with E-state index in [1.54, 1.807) is 12.2 Å². The predicted octanol–water partition coefficient (Wildman–Crippen LogP) is 0.664. The molecule has 0 spiro atoms. The number of hydrogen-bond donors (Lipinski definition) is 3. The van der Waals surface area contributed by atoms with Gasteiger partial charge in [0.05, 0.1) is 12.0 Å². The fourth-order valence-corrected chi connectivity index (χ4v) is 2.52. The summed E-state index contributed by atoms with van der Waals surface area (Å²) in [6, 6.07) is -0.256. The molecular weight excluding hydrogens is 232 g/mol. The lowest BCUT2D eigenvalue weighted by Crippen LogP contribution is -2.46. The second-order valence-electron chi connectivity index (χ2n) is 5.04. The zero-order valence-electron chi connectivity index (χ0n) is 10.4. The highest BCUT2D eigenvalue weighted by Crippen LogP contribution is 2.18. The van der Waals surface area contributed by atoms with Gasteiger partial charge in [-0.2, -0.15) is 0 Å². The lowest BCUT2D eigenvalue weighted by Gasteiger charge is -2.18. The van der Waals surface area contributed by atoms with Crippen LogP contribution in [0.4, 0.5) is 0 Å². The molecule has 1 aliphatic carbocycles. The van der Waals surface area contributed by atoms with Crippen LogP contribution in [0.1, 0.15) is 32.1 Å². The monoisotopic (exact) mass is 252 g/mol. The number of carboxylic acids is 1. The summed E-state index contributed by atoms with van der Waals surface area (Å²) in [4.78, 5) is 22.8. The van der Waals surface area contributed by atoms with Crippen molar-refractivity contribution in [1.82, 2.24) is 10.6 Å². The van der Waals surface area contributed by atoms with Gasteiger partial charge in [0.15, 0.2) is 0 Å². The van der Waals surface area contributed by atoms with Gasteiger partial charge >= 0.3 is 5.97 Å². The average Bonchev–Trinajstić information content (AvgIpc) is 2.64.